The minimum absolute atomic E-state index is 0. The number of rotatable bonds is 4. The molecule has 8 heteroatoms. The Balaban J connectivity index is 0. The van der Waals surface area contributed by atoms with E-state index in [1.807, 2.05) is 0 Å². The molecule has 86 valence electrons. The Labute approximate surface area is 127 Å². The number of aromatic carboxylic acids is 2. The number of carbonyl (C=O) groups excluding carboxylic acids is 2. The summed E-state index contributed by atoms with van der Waals surface area (Å²) in [7, 11) is 0. The maximum atomic E-state index is 10.6. The van der Waals surface area contributed by atoms with Gasteiger partial charge in [0.1, 0.15) is 0 Å². The summed E-state index contributed by atoms with van der Waals surface area (Å²) in [5.74, 6) is -2.99. The van der Waals surface area contributed by atoms with E-state index >= 15 is 0 Å². The molecular weight excluding hydrogens is 230 g/mol. The Morgan fingerprint density at radius 2 is 1.67 bits per heavy atom. The van der Waals surface area contributed by atoms with Crippen LogP contribution in [0.25, 0.3) is 0 Å². The first-order chi connectivity index (χ1) is 7.41. The summed E-state index contributed by atoms with van der Waals surface area (Å²) in [5, 5.41) is 38.6. The number of carboxylic acid groups (broad SMARTS) is 2. The molecule has 1 rings (SSSR count). The van der Waals surface area contributed by atoms with Crippen LogP contribution < -0.4 is 47.9 Å². The molecule has 1 aromatic carbocycles. The fourth-order valence-electron chi connectivity index (χ4n) is 1.29. The topological polar surface area (TPSA) is 121 Å². The summed E-state index contributed by atoms with van der Waals surface area (Å²) < 4.78 is 0. The van der Waals surface area contributed by atoms with Gasteiger partial charge in [-0.1, -0.05) is 12.1 Å². The van der Waals surface area contributed by atoms with Gasteiger partial charge in [-0.2, -0.15) is 0 Å². The SMILES string of the molecule is O=C([O-])c1ccc(C(=O)[O-])c(CC(O)O)c1.[Li+].[Li+]. The van der Waals surface area contributed by atoms with Crippen molar-refractivity contribution in [2.45, 2.75) is 12.7 Å². The van der Waals surface area contributed by atoms with E-state index in [9.17, 15) is 19.8 Å². The predicted molar refractivity (Wildman–Crippen MR) is 47.0 cm³/mol. The number of hydrogen-bond donors (Lipinski definition) is 2. The van der Waals surface area contributed by atoms with E-state index in [1.165, 1.54) is 0 Å². The van der Waals surface area contributed by atoms with Crippen LogP contribution in [0.3, 0.4) is 0 Å². The van der Waals surface area contributed by atoms with Crippen molar-refractivity contribution in [3.05, 3.63) is 34.9 Å². The molecule has 2 N–H and O–H groups in total. The summed E-state index contributed by atoms with van der Waals surface area (Å²) in [4.78, 5) is 21.2. The van der Waals surface area contributed by atoms with Crippen LogP contribution in [0, 0.1) is 0 Å². The van der Waals surface area contributed by atoms with Crippen LogP contribution in [0.2, 0.25) is 0 Å². The molecule has 0 atom stereocenters. The summed E-state index contributed by atoms with van der Waals surface area (Å²) >= 11 is 0. The molecule has 0 aliphatic rings. The Hall–Kier alpha value is -0.725. The first kappa shape index (κ1) is 19.6. The molecule has 0 amide bonds. The largest absolute Gasteiger partial charge is 1.00 e. The van der Waals surface area contributed by atoms with Gasteiger partial charge in [0.2, 0.25) is 0 Å². The third-order valence-electron chi connectivity index (χ3n) is 1.96. The average molecular weight is 238 g/mol. The smallest absolute Gasteiger partial charge is 0.545 e. The Kier molecular flexibility index (Phi) is 9.14. The third kappa shape index (κ3) is 5.28. The molecule has 0 aromatic heterocycles. The quantitative estimate of drug-likeness (QED) is 0.397. The first-order valence-electron chi connectivity index (χ1n) is 4.33. The maximum absolute atomic E-state index is 10.6. The van der Waals surface area contributed by atoms with Crippen LogP contribution >= 0.6 is 0 Å². The van der Waals surface area contributed by atoms with Crippen LogP contribution in [-0.2, 0) is 6.42 Å². The predicted octanol–water partition coefficient (Wildman–Crippen LogP) is -8.73. The molecule has 0 aliphatic heterocycles. The van der Waals surface area contributed by atoms with Crippen molar-refractivity contribution >= 4 is 11.9 Å². The second-order valence-corrected chi connectivity index (χ2v) is 3.13. The van der Waals surface area contributed by atoms with E-state index in [4.69, 9.17) is 10.2 Å². The van der Waals surface area contributed by atoms with Gasteiger partial charge in [-0.05, 0) is 17.2 Å². The average Bonchev–Trinajstić information content (AvgIpc) is 2.15. The number of carbonyl (C=O) groups is 2. The van der Waals surface area contributed by atoms with Crippen LogP contribution in [0.15, 0.2) is 18.2 Å². The van der Waals surface area contributed by atoms with Crippen LogP contribution in [0.4, 0.5) is 0 Å². The van der Waals surface area contributed by atoms with Crippen molar-refractivity contribution < 1.29 is 67.7 Å². The first-order valence-corrected chi connectivity index (χ1v) is 4.33. The van der Waals surface area contributed by atoms with Gasteiger partial charge in [-0.3, -0.25) is 0 Å². The summed E-state index contributed by atoms with van der Waals surface area (Å²) in [5.41, 5.74) is -0.546. The molecule has 1 aromatic rings. The van der Waals surface area contributed by atoms with Gasteiger partial charge in [0.05, 0.1) is 11.9 Å². The fourth-order valence-corrected chi connectivity index (χ4v) is 1.29. The molecule has 0 saturated heterocycles. The summed E-state index contributed by atoms with van der Waals surface area (Å²) in [6.45, 7) is 0. The van der Waals surface area contributed by atoms with Crippen molar-refractivity contribution in [1.29, 1.82) is 0 Å². The monoisotopic (exact) mass is 238 g/mol. The molecule has 0 aliphatic carbocycles. The van der Waals surface area contributed by atoms with Gasteiger partial charge in [-0.25, -0.2) is 0 Å². The van der Waals surface area contributed by atoms with Gasteiger partial charge < -0.3 is 30.0 Å². The van der Waals surface area contributed by atoms with Crippen molar-refractivity contribution in [2.24, 2.45) is 0 Å². The minimum Gasteiger partial charge on any atom is -0.545 e. The molecule has 0 saturated carbocycles. The van der Waals surface area contributed by atoms with Gasteiger partial charge >= 0.3 is 37.7 Å². The zero-order chi connectivity index (χ0) is 12.3. The second kappa shape index (κ2) is 8.39. The van der Waals surface area contributed by atoms with Crippen LogP contribution in [0.1, 0.15) is 26.3 Å². The van der Waals surface area contributed by atoms with Crippen molar-refractivity contribution in [1.82, 2.24) is 0 Å². The van der Waals surface area contributed by atoms with Gasteiger partial charge in [0.25, 0.3) is 0 Å². The maximum Gasteiger partial charge on any atom is 1.00 e. The number of hydrogen-bond acceptors (Lipinski definition) is 6. The van der Waals surface area contributed by atoms with Crippen LogP contribution in [0.5, 0.6) is 0 Å². The molecule has 0 radical (unpaired) electrons. The van der Waals surface area contributed by atoms with Gasteiger partial charge in [-0.15, -0.1) is 0 Å². The van der Waals surface area contributed by atoms with E-state index in [-0.39, 0.29) is 54.4 Å². The zero-order valence-electron chi connectivity index (χ0n) is 10.0. The number of aliphatic hydroxyl groups is 2. The van der Waals surface area contributed by atoms with Crippen LogP contribution in [-0.4, -0.2) is 28.4 Å². The molecular formula is C10H8Li2O6. The molecule has 6 nitrogen and oxygen atoms in total. The zero-order valence-corrected chi connectivity index (χ0v) is 10.0. The Morgan fingerprint density at radius 1 is 1.11 bits per heavy atom. The molecule has 0 bridgehead atoms. The van der Waals surface area contributed by atoms with Crippen molar-refractivity contribution in [3.8, 4) is 0 Å². The number of aliphatic hydroxyl groups excluding tert-OH is 1. The normalized spacial score (nSPS) is 9.28. The summed E-state index contributed by atoms with van der Waals surface area (Å²) in [6, 6.07) is 3.09. The molecule has 0 heterocycles. The van der Waals surface area contributed by atoms with E-state index in [1.54, 1.807) is 0 Å². The van der Waals surface area contributed by atoms with E-state index in [0.29, 0.717) is 0 Å². The van der Waals surface area contributed by atoms with Crippen molar-refractivity contribution in [2.75, 3.05) is 0 Å². The molecule has 0 spiro atoms. The molecule has 18 heavy (non-hydrogen) atoms. The Morgan fingerprint density at radius 3 is 2.06 bits per heavy atom. The van der Waals surface area contributed by atoms with Gasteiger partial charge in [0, 0.05) is 12.0 Å². The number of benzene rings is 1. The standard InChI is InChI=1S/C10H10O6.2Li/c11-8(12)4-6-3-5(9(13)14)1-2-7(6)10(15)16;;/h1-3,8,11-12H,4H2,(H,13,14)(H,15,16);;/q;2*+1/p-2. The summed E-state index contributed by atoms with van der Waals surface area (Å²) in [6.07, 6.45) is -2.17. The second-order valence-electron chi connectivity index (χ2n) is 3.13. The van der Waals surface area contributed by atoms with Gasteiger partial charge in [0.15, 0.2) is 6.29 Å². The minimum atomic E-state index is -1.77. The fraction of sp³-hybridized carbons (Fsp3) is 0.200. The third-order valence-corrected chi connectivity index (χ3v) is 1.96. The molecule has 0 fully saturated rings. The van der Waals surface area contributed by atoms with Crippen molar-refractivity contribution in [3.63, 3.8) is 0 Å². The number of carboxylic acids is 2. The molecule has 0 unspecified atom stereocenters. The van der Waals surface area contributed by atoms with E-state index in [0.717, 1.165) is 18.2 Å². The van der Waals surface area contributed by atoms with E-state index in [2.05, 4.69) is 0 Å². The Bertz CT molecular complexity index is 432. The van der Waals surface area contributed by atoms with E-state index < -0.39 is 24.6 Å².